The summed E-state index contributed by atoms with van der Waals surface area (Å²) in [6.45, 7) is 1.11. The van der Waals surface area contributed by atoms with Gasteiger partial charge < -0.3 is 5.73 Å². The minimum atomic E-state index is 0.449. The molecule has 1 saturated heterocycles. The van der Waals surface area contributed by atoms with Crippen LogP contribution >= 0.6 is 0 Å². The van der Waals surface area contributed by atoms with Gasteiger partial charge in [-0.15, -0.1) is 0 Å². The molecule has 1 spiro atoms. The molecular formula is C8H16N2. The van der Waals surface area contributed by atoms with E-state index in [2.05, 4.69) is 11.9 Å². The summed E-state index contributed by atoms with van der Waals surface area (Å²) in [6, 6.07) is 0.449. The fourth-order valence-electron chi connectivity index (χ4n) is 2.42. The normalized spacial score (nSPS) is 38.4. The molecule has 2 N–H and O–H groups in total. The first-order chi connectivity index (χ1) is 4.73. The van der Waals surface area contributed by atoms with E-state index in [4.69, 9.17) is 5.73 Å². The number of nitrogens with two attached hydrogens (primary N) is 1. The van der Waals surface area contributed by atoms with Crippen LogP contribution in [0.5, 0.6) is 0 Å². The van der Waals surface area contributed by atoms with E-state index in [1.165, 1.54) is 25.7 Å². The van der Waals surface area contributed by atoms with Crippen LogP contribution in [0.3, 0.4) is 0 Å². The Bertz CT molecular complexity index is 140. The molecule has 1 unspecified atom stereocenters. The molecule has 0 radical (unpaired) electrons. The fourth-order valence-corrected chi connectivity index (χ4v) is 2.42. The van der Waals surface area contributed by atoms with Crippen LogP contribution in [0, 0.1) is 0 Å². The maximum absolute atomic E-state index is 5.87. The average Bonchev–Trinajstić information content (AvgIpc) is 2.04. The van der Waals surface area contributed by atoms with E-state index >= 15 is 0 Å². The van der Waals surface area contributed by atoms with E-state index < -0.39 is 0 Å². The van der Waals surface area contributed by atoms with E-state index in [1.807, 2.05) is 0 Å². The molecule has 58 valence electrons. The van der Waals surface area contributed by atoms with Crippen molar-refractivity contribution in [1.29, 1.82) is 0 Å². The number of hydrogen-bond acceptors (Lipinski definition) is 2. The number of likely N-dealkylation sites (tertiary alicyclic amines) is 1. The zero-order valence-corrected chi connectivity index (χ0v) is 6.64. The molecule has 0 amide bonds. The van der Waals surface area contributed by atoms with Gasteiger partial charge >= 0.3 is 0 Å². The van der Waals surface area contributed by atoms with Crippen LogP contribution in [0.25, 0.3) is 0 Å². The van der Waals surface area contributed by atoms with Crippen LogP contribution < -0.4 is 5.73 Å². The number of nitrogens with zero attached hydrogens (tertiary/aromatic N) is 1. The second kappa shape index (κ2) is 1.95. The third-order valence-electron chi connectivity index (χ3n) is 3.24. The molecule has 1 aliphatic carbocycles. The lowest BCUT2D eigenvalue weighted by Crippen LogP contribution is -2.46. The summed E-state index contributed by atoms with van der Waals surface area (Å²) in [5, 5.41) is 0. The standard InChI is InChI=1S/C8H16N2/c1-10-6-7(9)5-8(10)3-2-4-8/h7H,2-6,9H2,1H3. The molecule has 2 heteroatoms. The molecule has 10 heavy (non-hydrogen) atoms. The van der Waals surface area contributed by atoms with E-state index in [0.29, 0.717) is 11.6 Å². The maximum atomic E-state index is 5.87. The fraction of sp³-hybridized carbons (Fsp3) is 1.00. The Morgan fingerprint density at radius 2 is 2.20 bits per heavy atom. The van der Waals surface area contributed by atoms with Crippen molar-refractivity contribution in [2.24, 2.45) is 5.73 Å². The van der Waals surface area contributed by atoms with Crippen molar-refractivity contribution >= 4 is 0 Å². The topological polar surface area (TPSA) is 29.3 Å². The van der Waals surface area contributed by atoms with Gasteiger partial charge in [-0.3, -0.25) is 4.90 Å². The Morgan fingerprint density at radius 1 is 1.50 bits per heavy atom. The van der Waals surface area contributed by atoms with Gasteiger partial charge in [-0.05, 0) is 32.7 Å². The molecule has 2 nitrogen and oxygen atoms in total. The number of rotatable bonds is 0. The van der Waals surface area contributed by atoms with Gasteiger partial charge in [-0.25, -0.2) is 0 Å². The number of hydrogen-bond donors (Lipinski definition) is 1. The van der Waals surface area contributed by atoms with Crippen LogP contribution in [-0.2, 0) is 0 Å². The monoisotopic (exact) mass is 140 g/mol. The zero-order chi connectivity index (χ0) is 7.19. The molecule has 0 bridgehead atoms. The SMILES string of the molecule is CN1CC(N)CC12CCC2. The molecule has 1 aliphatic heterocycles. The van der Waals surface area contributed by atoms with Gasteiger partial charge in [0.15, 0.2) is 0 Å². The largest absolute Gasteiger partial charge is 0.326 e. The first-order valence-electron chi connectivity index (χ1n) is 4.20. The Morgan fingerprint density at radius 3 is 2.40 bits per heavy atom. The maximum Gasteiger partial charge on any atom is 0.0222 e. The molecular weight excluding hydrogens is 124 g/mol. The molecule has 2 aliphatic rings. The third kappa shape index (κ3) is 0.722. The molecule has 1 atom stereocenters. The van der Waals surface area contributed by atoms with E-state index in [0.717, 1.165) is 6.54 Å². The minimum absolute atomic E-state index is 0.449. The molecule has 2 fully saturated rings. The summed E-state index contributed by atoms with van der Waals surface area (Å²) < 4.78 is 0. The van der Waals surface area contributed by atoms with E-state index in [1.54, 1.807) is 0 Å². The van der Waals surface area contributed by atoms with Crippen LogP contribution in [0.2, 0.25) is 0 Å². The summed E-state index contributed by atoms with van der Waals surface area (Å²) in [5.74, 6) is 0. The van der Waals surface area contributed by atoms with Gasteiger partial charge in [0.2, 0.25) is 0 Å². The lowest BCUT2D eigenvalue weighted by Gasteiger charge is -2.44. The van der Waals surface area contributed by atoms with Crippen LogP contribution in [-0.4, -0.2) is 30.1 Å². The Hall–Kier alpha value is -0.0800. The second-order valence-electron chi connectivity index (χ2n) is 3.92. The summed E-state index contributed by atoms with van der Waals surface area (Å²) in [5.41, 5.74) is 6.42. The van der Waals surface area contributed by atoms with Gasteiger partial charge in [0.05, 0.1) is 0 Å². The van der Waals surface area contributed by atoms with Crippen molar-refractivity contribution in [2.75, 3.05) is 13.6 Å². The smallest absolute Gasteiger partial charge is 0.0222 e. The highest BCUT2D eigenvalue weighted by atomic mass is 15.2. The van der Waals surface area contributed by atoms with Crippen molar-refractivity contribution in [3.8, 4) is 0 Å². The predicted octanol–water partition coefficient (Wildman–Crippen LogP) is 0.572. The zero-order valence-electron chi connectivity index (χ0n) is 6.64. The first-order valence-corrected chi connectivity index (χ1v) is 4.20. The lowest BCUT2D eigenvalue weighted by atomic mass is 9.74. The minimum Gasteiger partial charge on any atom is -0.326 e. The van der Waals surface area contributed by atoms with Crippen molar-refractivity contribution in [3.63, 3.8) is 0 Å². The van der Waals surface area contributed by atoms with E-state index in [9.17, 15) is 0 Å². The number of likely N-dealkylation sites (N-methyl/N-ethyl adjacent to an activating group) is 1. The van der Waals surface area contributed by atoms with Gasteiger partial charge in [-0.2, -0.15) is 0 Å². The van der Waals surface area contributed by atoms with Gasteiger partial charge in [0.1, 0.15) is 0 Å². The highest BCUT2D eigenvalue weighted by Crippen LogP contribution is 2.43. The van der Waals surface area contributed by atoms with Crippen LogP contribution in [0.15, 0.2) is 0 Å². The Kier molecular flexibility index (Phi) is 1.29. The van der Waals surface area contributed by atoms with Crippen LogP contribution in [0.4, 0.5) is 0 Å². The highest BCUT2D eigenvalue weighted by molar-refractivity contribution is 5.04. The quantitative estimate of drug-likeness (QED) is 0.533. The van der Waals surface area contributed by atoms with Gasteiger partial charge in [0, 0.05) is 18.1 Å². The molecule has 0 aromatic carbocycles. The second-order valence-corrected chi connectivity index (χ2v) is 3.92. The van der Waals surface area contributed by atoms with Crippen molar-refractivity contribution in [2.45, 2.75) is 37.3 Å². The van der Waals surface area contributed by atoms with Crippen molar-refractivity contribution in [1.82, 2.24) is 4.90 Å². The summed E-state index contributed by atoms with van der Waals surface area (Å²) in [6.07, 6.45) is 5.43. The summed E-state index contributed by atoms with van der Waals surface area (Å²) in [7, 11) is 2.21. The van der Waals surface area contributed by atoms with Crippen molar-refractivity contribution < 1.29 is 0 Å². The van der Waals surface area contributed by atoms with Gasteiger partial charge in [0.25, 0.3) is 0 Å². The summed E-state index contributed by atoms with van der Waals surface area (Å²) >= 11 is 0. The predicted molar refractivity (Wildman–Crippen MR) is 41.8 cm³/mol. The first kappa shape index (κ1) is 6.62. The molecule has 0 aromatic rings. The molecule has 1 heterocycles. The van der Waals surface area contributed by atoms with Gasteiger partial charge in [-0.1, -0.05) is 0 Å². The van der Waals surface area contributed by atoms with E-state index in [-0.39, 0.29) is 0 Å². The van der Waals surface area contributed by atoms with Crippen molar-refractivity contribution in [3.05, 3.63) is 0 Å². The Balaban J connectivity index is 2.08. The molecule has 0 aromatic heterocycles. The van der Waals surface area contributed by atoms with Crippen LogP contribution in [0.1, 0.15) is 25.7 Å². The third-order valence-corrected chi connectivity index (χ3v) is 3.24. The lowest BCUT2D eigenvalue weighted by molar-refractivity contribution is 0.0801. The highest BCUT2D eigenvalue weighted by Gasteiger charge is 2.46. The Labute approximate surface area is 62.4 Å². The summed E-state index contributed by atoms with van der Waals surface area (Å²) in [4.78, 5) is 2.46. The molecule has 2 rings (SSSR count). The average molecular weight is 140 g/mol. The molecule has 1 saturated carbocycles.